The van der Waals surface area contributed by atoms with E-state index in [9.17, 15) is 0 Å². The number of nitrogens with one attached hydrogen (secondary N) is 1. The van der Waals surface area contributed by atoms with Crippen LogP contribution in [-0.4, -0.2) is 19.1 Å². The summed E-state index contributed by atoms with van der Waals surface area (Å²) in [5.41, 5.74) is 1.13. The average Bonchev–Trinajstić information content (AvgIpc) is 2.74. The molecular formula is C14H24N2OS. The Morgan fingerprint density at radius 1 is 1.44 bits per heavy atom. The van der Waals surface area contributed by atoms with Gasteiger partial charge in [0.1, 0.15) is 0 Å². The summed E-state index contributed by atoms with van der Waals surface area (Å²) in [4.78, 5) is 6.17. The Labute approximate surface area is 114 Å². The maximum Gasteiger partial charge on any atom is 0.0963 e. The highest BCUT2D eigenvalue weighted by molar-refractivity contribution is 7.11. The number of hydrogen-bond donors (Lipinski definition) is 1. The Morgan fingerprint density at radius 3 is 2.94 bits per heavy atom. The fourth-order valence-electron chi connectivity index (χ4n) is 2.78. The number of thiazole rings is 1. The Bertz CT molecular complexity index is 354. The summed E-state index contributed by atoms with van der Waals surface area (Å²) in [6.07, 6.45) is 5.35. The average molecular weight is 268 g/mol. The Morgan fingerprint density at radius 2 is 2.28 bits per heavy atom. The van der Waals surface area contributed by atoms with Crippen LogP contribution in [0, 0.1) is 5.92 Å². The molecule has 0 spiro atoms. The van der Waals surface area contributed by atoms with Crippen LogP contribution in [0.1, 0.15) is 54.1 Å². The van der Waals surface area contributed by atoms with E-state index in [1.165, 1.54) is 35.6 Å². The molecule has 1 heterocycles. The van der Waals surface area contributed by atoms with Gasteiger partial charge in [0.25, 0.3) is 0 Å². The smallest absolute Gasteiger partial charge is 0.0963 e. The Hall–Kier alpha value is -0.450. The molecule has 1 aliphatic rings. The first-order valence-corrected chi connectivity index (χ1v) is 7.68. The lowest BCUT2D eigenvalue weighted by Gasteiger charge is -2.24. The molecule has 0 saturated heterocycles. The summed E-state index contributed by atoms with van der Waals surface area (Å²) in [6.45, 7) is 3.90. The second-order valence-electron chi connectivity index (χ2n) is 5.35. The molecule has 1 saturated carbocycles. The molecular weight excluding hydrogens is 244 g/mol. The van der Waals surface area contributed by atoms with E-state index < -0.39 is 0 Å². The van der Waals surface area contributed by atoms with Gasteiger partial charge in [-0.25, -0.2) is 4.98 Å². The molecule has 102 valence electrons. The molecule has 1 N–H and O–H groups in total. The number of nitrogens with zero attached hydrogens (tertiary/aromatic N) is 1. The van der Waals surface area contributed by atoms with E-state index in [2.05, 4.69) is 12.2 Å². The van der Waals surface area contributed by atoms with Gasteiger partial charge in [0.2, 0.25) is 0 Å². The fraction of sp³-hybridized carbons (Fsp3) is 0.786. The van der Waals surface area contributed by atoms with Gasteiger partial charge in [0.05, 0.1) is 17.3 Å². The van der Waals surface area contributed by atoms with Crippen LogP contribution < -0.4 is 5.32 Å². The highest BCUT2D eigenvalue weighted by Gasteiger charge is 2.24. The van der Waals surface area contributed by atoms with E-state index in [-0.39, 0.29) is 0 Å². The first-order valence-electron chi connectivity index (χ1n) is 6.86. The van der Waals surface area contributed by atoms with Crippen molar-refractivity contribution in [2.45, 2.75) is 51.7 Å². The van der Waals surface area contributed by atoms with E-state index in [4.69, 9.17) is 9.72 Å². The third-order valence-corrected chi connectivity index (χ3v) is 4.96. The summed E-state index contributed by atoms with van der Waals surface area (Å²) in [5.74, 6) is 1.53. The van der Waals surface area contributed by atoms with Gasteiger partial charge >= 0.3 is 0 Å². The lowest BCUT2D eigenvalue weighted by atomic mass is 9.83. The minimum absolute atomic E-state index is 0.635. The maximum atomic E-state index is 5.25. The van der Waals surface area contributed by atoms with Crippen molar-refractivity contribution in [3.8, 4) is 0 Å². The molecule has 18 heavy (non-hydrogen) atoms. The summed E-state index contributed by atoms with van der Waals surface area (Å²) >= 11 is 1.88. The molecule has 0 aliphatic heterocycles. The second-order valence-corrected chi connectivity index (χ2v) is 6.47. The second kappa shape index (κ2) is 6.64. The SMILES string of the molecule is CNCc1sc(C2CCCC(C)C2)nc1COC. The zero-order valence-electron chi connectivity index (χ0n) is 11.7. The molecule has 2 rings (SSSR count). The lowest BCUT2D eigenvalue weighted by Crippen LogP contribution is -2.11. The van der Waals surface area contributed by atoms with Crippen LogP contribution in [0.15, 0.2) is 0 Å². The largest absolute Gasteiger partial charge is 0.378 e. The van der Waals surface area contributed by atoms with E-state index in [0.717, 1.165) is 18.2 Å². The highest BCUT2D eigenvalue weighted by Crippen LogP contribution is 2.38. The summed E-state index contributed by atoms with van der Waals surface area (Å²) < 4.78 is 5.25. The van der Waals surface area contributed by atoms with Crippen LogP contribution in [0.3, 0.4) is 0 Å². The summed E-state index contributed by atoms with van der Waals surface area (Å²) in [6, 6.07) is 0. The molecule has 1 aliphatic carbocycles. The van der Waals surface area contributed by atoms with Gasteiger partial charge in [-0.2, -0.15) is 0 Å². The lowest BCUT2D eigenvalue weighted by molar-refractivity contribution is 0.181. The molecule has 3 nitrogen and oxygen atoms in total. The zero-order valence-corrected chi connectivity index (χ0v) is 12.5. The molecule has 2 atom stereocenters. The highest BCUT2D eigenvalue weighted by atomic mass is 32.1. The van der Waals surface area contributed by atoms with Crippen molar-refractivity contribution in [2.24, 2.45) is 5.92 Å². The van der Waals surface area contributed by atoms with E-state index in [0.29, 0.717) is 12.5 Å². The van der Waals surface area contributed by atoms with Crippen molar-refractivity contribution in [2.75, 3.05) is 14.2 Å². The van der Waals surface area contributed by atoms with Crippen LogP contribution in [-0.2, 0) is 17.9 Å². The Balaban J connectivity index is 2.14. The quantitative estimate of drug-likeness (QED) is 0.889. The Kier molecular flexibility index (Phi) is 5.15. The first-order chi connectivity index (χ1) is 8.74. The molecule has 2 unspecified atom stereocenters. The van der Waals surface area contributed by atoms with E-state index >= 15 is 0 Å². The summed E-state index contributed by atoms with van der Waals surface area (Å²) in [5, 5.41) is 4.55. The predicted molar refractivity (Wildman–Crippen MR) is 76.0 cm³/mol. The molecule has 0 radical (unpaired) electrons. The standard InChI is InChI=1S/C14H24N2OS/c1-10-5-4-6-11(7-10)14-16-12(9-17-3)13(18-14)8-15-2/h10-11,15H,4-9H2,1-3H3. The number of ether oxygens (including phenoxy) is 1. The zero-order chi connectivity index (χ0) is 13.0. The minimum Gasteiger partial charge on any atom is -0.378 e. The molecule has 1 fully saturated rings. The third-order valence-electron chi connectivity index (χ3n) is 3.70. The third kappa shape index (κ3) is 3.31. The van der Waals surface area contributed by atoms with Crippen molar-refractivity contribution >= 4 is 11.3 Å². The van der Waals surface area contributed by atoms with Gasteiger partial charge < -0.3 is 10.1 Å². The van der Waals surface area contributed by atoms with Crippen molar-refractivity contribution in [3.05, 3.63) is 15.6 Å². The predicted octanol–water partition coefficient (Wildman–Crippen LogP) is 3.30. The number of aromatic nitrogens is 1. The van der Waals surface area contributed by atoms with Crippen molar-refractivity contribution in [1.82, 2.24) is 10.3 Å². The molecule has 1 aromatic heterocycles. The van der Waals surface area contributed by atoms with Crippen molar-refractivity contribution in [3.63, 3.8) is 0 Å². The number of rotatable bonds is 5. The topological polar surface area (TPSA) is 34.2 Å². The van der Waals surface area contributed by atoms with Gasteiger partial charge in [-0.3, -0.25) is 0 Å². The van der Waals surface area contributed by atoms with Crippen LogP contribution in [0.5, 0.6) is 0 Å². The van der Waals surface area contributed by atoms with Gasteiger partial charge in [0.15, 0.2) is 0 Å². The van der Waals surface area contributed by atoms with Crippen LogP contribution in [0.4, 0.5) is 0 Å². The van der Waals surface area contributed by atoms with Crippen LogP contribution in [0.2, 0.25) is 0 Å². The van der Waals surface area contributed by atoms with Crippen molar-refractivity contribution in [1.29, 1.82) is 0 Å². The molecule has 4 heteroatoms. The minimum atomic E-state index is 0.635. The van der Waals surface area contributed by atoms with E-state index in [1.54, 1.807) is 7.11 Å². The first kappa shape index (κ1) is 14.0. The number of hydrogen-bond acceptors (Lipinski definition) is 4. The van der Waals surface area contributed by atoms with Crippen LogP contribution in [0.25, 0.3) is 0 Å². The van der Waals surface area contributed by atoms with Gasteiger partial charge in [0, 0.05) is 24.4 Å². The maximum absolute atomic E-state index is 5.25. The van der Waals surface area contributed by atoms with Crippen LogP contribution >= 0.6 is 11.3 Å². The molecule has 0 amide bonds. The molecule has 1 aromatic rings. The normalized spacial score (nSPS) is 24.4. The molecule has 0 bridgehead atoms. The summed E-state index contributed by atoms with van der Waals surface area (Å²) in [7, 11) is 3.73. The number of methoxy groups -OCH3 is 1. The van der Waals surface area contributed by atoms with E-state index in [1.807, 2.05) is 18.4 Å². The van der Waals surface area contributed by atoms with Gasteiger partial charge in [-0.1, -0.05) is 19.8 Å². The molecule has 0 aromatic carbocycles. The van der Waals surface area contributed by atoms with Gasteiger partial charge in [-0.15, -0.1) is 11.3 Å². The van der Waals surface area contributed by atoms with Crippen molar-refractivity contribution < 1.29 is 4.74 Å². The monoisotopic (exact) mass is 268 g/mol. The fourth-order valence-corrected chi connectivity index (χ4v) is 4.01. The van der Waals surface area contributed by atoms with Gasteiger partial charge in [-0.05, 0) is 25.8 Å².